The zero-order valence-electron chi connectivity index (χ0n) is 19.3. The maximum Gasteiger partial charge on any atom is 0.261 e. The van der Waals surface area contributed by atoms with Crippen molar-refractivity contribution in [3.05, 3.63) is 70.3 Å². The lowest BCUT2D eigenvalue weighted by molar-refractivity contribution is 0.0635. The molecule has 7 nitrogen and oxygen atoms in total. The zero-order chi connectivity index (χ0) is 23.7. The lowest BCUT2D eigenvalue weighted by Gasteiger charge is -2.23. The van der Waals surface area contributed by atoms with Crippen molar-refractivity contribution in [1.82, 2.24) is 14.7 Å². The fourth-order valence-corrected chi connectivity index (χ4v) is 4.44. The van der Waals surface area contributed by atoms with Crippen LogP contribution in [-0.4, -0.2) is 71.1 Å². The average Bonchev–Trinajstić information content (AvgIpc) is 2.97. The second kappa shape index (κ2) is 9.17. The molecule has 2 aromatic carbocycles. The molecule has 33 heavy (non-hydrogen) atoms. The normalized spacial score (nSPS) is 16.3. The second-order valence-corrected chi connectivity index (χ2v) is 9.13. The van der Waals surface area contributed by atoms with Gasteiger partial charge in [0.25, 0.3) is 23.6 Å². The molecular formula is C26H29N3O4. The Labute approximate surface area is 194 Å². The molecule has 2 aliphatic heterocycles. The number of hydrogen-bond acceptors (Lipinski definition) is 4. The van der Waals surface area contributed by atoms with E-state index >= 15 is 0 Å². The first kappa shape index (κ1) is 22.7. The molecule has 0 radical (unpaired) electrons. The van der Waals surface area contributed by atoms with E-state index in [1.54, 1.807) is 28.0 Å². The Kier molecular flexibility index (Phi) is 6.31. The standard InChI is InChI=1S/C26H29N3O4/c1-17(2)16-29-25(32)21-10-9-19(15-22(21)26(29)33)23(30)27-11-6-12-28(14-13-27)24(31)20-8-5-4-7-18(20)3/h4-5,7-10,15,17H,6,11-14,16H2,1-3H3. The van der Waals surface area contributed by atoms with Gasteiger partial charge in [-0.1, -0.05) is 32.0 Å². The van der Waals surface area contributed by atoms with Crippen LogP contribution in [0.15, 0.2) is 42.5 Å². The Balaban J connectivity index is 1.47. The van der Waals surface area contributed by atoms with Crippen LogP contribution in [0.4, 0.5) is 0 Å². The topological polar surface area (TPSA) is 78.0 Å². The summed E-state index contributed by atoms with van der Waals surface area (Å²) in [5.74, 6) is -0.692. The van der Waals surface area contributed by atoms with Crippen molar-refractivity contribution in [2.45, 2.75) is 27.2 Å². The SMILES string of the molecule is Cc1ccccc1C(=O)N1CCCN(C(=O)c2ccc3c(c2)C(=O)N(CC(C)C)C3=O)CC1. The molecule has 7 heteroatoms. The van der Waals surface area contributed by atoms with Crippen LogP contribution in [0.25, 0.3) is 0 Å². The first-order valence-electron chi connectivity index (χ1n) is 11.4. The summed E-state index contributed by atoms with van der Waals surface area (Å²) in [6, 6.07) is 12.3. The zero-order valence-corrected chi connectivity index (χ0v) is 19.3. The summed E-state index contributed by atoms with van der Waals surface area (Å²) >= 11 is 0. The van der Waals surface area contributed by atoms with E-state index in [1.807, 2.05) is 45.0 Å². The van der Waals surface area contributed by atoms with Crippen LogP contribution in [0.2, 0.25) is 0 Å². The Morgan fingerprint density at radius 2 is 1.48 bits per heavy atom. The van der Waals surface area contributed by atoms with E-state index in [-0.39, 0.29) is 35.1 Å². The number of carbonyl (C=O) groups is 4. The molecule has 0 spiro atoms. The number of imide groups is 1. The fraction of sp³-hybridized carbons (Fsp3) is 0.385. The summed E-state index contributed by atoms with van der Waals surface area (Å²) in [7, 11) is 0. The largest absolute Gasteiger partial charge is 0.337 e. The number of hydrogen-bond donors (Lipinski definition) is 0. The van der Waals surface area contributed by atoms with Crippen LogP contribution in [0.5, 0.6) is 0 Å². The second-order valence-electron chi connectivity index (χ2n) is 9.13. The first-order valence-corrected chi connectivity index (χ1v) is 11.4. The van der Waals surface area contributed by atoms with Gasteiger partial charge in [-0.25, -0.2) is 0 Å². The predicted octanol–water partition coefficient (Wildman–Crippen LogP) is 3.24. The van der Waals surface area contributed by atoms with Crippen molar-refractivity contribution >= 4 is 23.6 Å². The molecule has 2 heterocycles. The molecular weight excluding hydrogens is 418 g/mol. The van der Waals surface area contributed by atoms with Crippen molar-refractivity contribution in [3.63, 3.8) is 0 Å². The van der Waals surface area contributed by atoms with Crippen LogP contribution < -0.4 is 0 Å². The molecule has 0 N–H and O–H groups in total. The van der Waals surface area contributed by atoms with Crippen molar-refractivity contribution in [2.24, 2.45) is 5.92 Å². The van der Waals surface area contributed by atoms with Crippen LogP contribution in [0, 0.1) is 12.8 Å². The minimum absolute atomic E-state index is 0.0192. The van der Waals surface area contributed by atoms with Crippen molar-refractivity contribution in [1.29, 1.82) is 0 Å². The predicted molar refractivity (Wildman–Crippen MR) is 124 cm³/mol. The molecule has 1 saturated heterocycles. The van der Waals surface area contributed by atoms with E-state index in [0.717, 1.165) is 5.56 Å². The third-order valence-corrected chi connectivity index (χ3v) is 6.21. The van der Waals surface area contributed by atoms with Gasteiger partial charge in [-0.05, 0) is 49.1 Å². The maximum atomic E-state index is 13.2. The smallest absolute Gasteiger partial charge is 0.261 e. The minimum Gasteiger partial charge on any atom is -0.337 e. The van der Waals surface area contributed by atoms with Gasteiger partial charge in [0.15, 0.2) is 0 Å². The van der Waals surface area contributed by atoms with Gasteiger partial charge < -0.3 is 9.80 Å². The molecule has 0 aromatic heterocycles. The van der Waals surface area contributed by atoms with Crippen molar-refractivity contribution in [2.75, 3.05) is 32.7 Å². The van der Waals surface area contributed by atoms with Gasteiger partial charge in [0, 0.05) is 43.9 Å². The number of benzene rings is 2. The Bertz CT molecular complexity index is 1120. The van der Waals surface area contributed by atoms with Crippen LogP contribution in [-0.2, 0) is 0 Å². The Morgan fingerprint density at radius 3 is 2.15 bits per heavy atom. The monoisotopic (exact) mass is 447 g/mol. The molecule has 2 aliphatic rings. The van der Waals surface area contributed by atoms with E-state index in [2.05, 4.69) is 0 Å². The summed E-state index contributed by atoms with van der Waals surface area (Å²) in [5.41, 5.74) is 2.65. The van der Waals surface area contributed by atoms with Crippen LogP contribution in [0.3, 0.4) is 0 Å². The summed E-state index contributed by atoms with van der Waals surface area (Å²) in [4.78, 5) is 56.3. The van der Waals surface area contributed by atoms with Gasteiger partial charge in [0.1, 0.15) is 0 Å². The summed E-state index contributed by atoms with van der Waals surface area (Å²) < 4.78 is 0. The molecule has 4 rings (SSSR count). The highest BCUT2D eigenvalue weighted by molar-refractivity contribution is 6.22. The Hall–Kier alpha value is -3.48. The van der Waals surface area contributed by atoms with Crippen LogP contribution in [0.1, 0.15) is 67.3 Å². The molecule has 0 saturated carbocycles. The van der Waals surface area contributed by atoms with E-state index < -0.39 is 0 Å². The molecule has 1 fully saturated rings. The number of amides is 4. The van der Waals surface area contributed by atoms with Gasteiger partial charge >= 0.3 is 0 Å². The fourth-order valence-electron chi connectivity index (χ4n) is 4.44. The quantitative estimate of drug-likeness (QED) is 0.674. The van der Waals surface area contributed by atoms with Gasteiger partial charge in [0.05, 0.1) is 11.1 Å². The van der Waals surface area contributed by atoms with Gasteiger partial charge in [-0.3, -0.25) is 24.1 Å². The molecule has 0 bridgehead atoms. The number of carbonyl (C=O) groups excluding carboxylic acids is 4. The molecule has 0 aliphatic carbocycles. The highest BCUT2D eigenvalue weighted by Gasteiger charge is 2.36. The number of rotatable bonds is 4. The van der Waals surface area contributed by atoms with Gasteiger partial charge in [0.2, 0.25) is 0 Å². The highest BCUT2D eigenvalue weighted by Crippen LogP contribution is 2.25. The summed E-state index contributed by atoms with van der Waals surface area (Å²) in [6.07, 6.45) is 0.674. The third-order valence-electron chi connectivity index (χ3n) is 6.21. The molecule has 2 aromatic rings. The maximum absolute atomic E-state index is 13.2. The summed E-state index contributed by atoms with van der Waals surface area (Å²) in [5, 5.41) is 0. The van der Waals surface area contributed by atoms with E-state index in [1.165, 1.54) is 4.90 Å². The van der Waals surface area contributed by atoms with E-state index in [4.69, 9.17) is 0 Å². The highest BCUT2D eigenvalue weighted by atomic mass is 16.2. The molecule has 0 atom stereocenters. The number of aryl methyl sites for hydroxylation is 1. The van der Waals surface area contributed by atoms with E-state index in [9.17, 15) is 19.2 Å². The third kappa shape index (κ3) is 4.40. The Morgan fingerprint density at radius 1 is 0.848 bits per heavy atom. The van der Waals surface area contributed by atoms with Crippen LogP contribution >= 0.6 is 0 Å². The lowest BCUT2D eigenvalue weighted by Crippen LogP contribution is -2.37. The molecule has 0 unspecified atom stereocenters. The first-order chi connectivity index (χ1) is 15.8. The van der Waals surface area contributed by atoms with Gasteiger partial charge in [-0.2, -0.15) is 0 Å². The van der Waals surface area contributed by atoms with Crippen molar-refractivity contribution < 1.29 is 19.2 Å². The summed E-state index contributed by atoms with van der Waals surface area (Å²) in [6.45, 7) is 8.15. The molecule has 4 amide bonds. The average molecular weight is 448 g/mol. The number of fused-ring (bicyclic) bond motifs is 1. The van der Waals surface area contributed by atoms with Crippen molar-refractivity contribution in [3.8, 4) is 0 Å². The number of nitrogens with zero attached hydrogens (tertiary/aromatic N) is 3. The van der Waals surface area contributed by atoms with E-state index in [0.29, 0.717) is 55.8 Å². The van der Waals surface area contributed by atoms with Gasteiger partial charge in [-0.15, -0.1) is 0 Å². The minimum atomic E-state index is -0.343. The molecule has 172 valence electrons. The lowest BCUT2D eigenvalue weighted by atomic mass is 10.0.